The van der Waals surface area contributed by atoms with Gasteiger partial charge in [-0.15, -0.1) is 0 Å². The van der Waals surface area contributed by atoms with Gasteiger partial charge in [-0.3, -0.25) is 0 Å². The van der Waals surface area contributed by atoms with Crippen LogP contribution in [0.2, 0.25) is 0 Å². The molecule has 1 aromatic heterocycles. The van der Waals surface area contributed by atoms with Crippen molar-refractivity contribution in [3.05, 3.63) is 29.6 Å². The quantitative estimate of drug-likeness (QED) is 0.867. The average molecular weight is 276 g/mol. The van der Waals surface area contributed by atoms with Crippen LogP contribution in [-0.4, -0.2) is 22.1 Å². The minimum Gasteiger partial charge on any atom is -0.477 e. The number of aromatic nitrogens is 1. The van der Waals surface area contributed by atoms with Gasteiger partial charge >= 0.3 is 5.97 Å². The predicted molar refractivity (Wildman–Crippen MR) is 78.6 cm³/mol. The summed E-state index contributed by atoms with van der Waals surface area (Å²) in [5.41, 5.74) is 0.920. The van der Waals surface area contributed by atoms with Crippen LogP contribution in [0.15, 0.2) is 18.2 Å². The second-order valence-corrected chi connectivity index (χ2v) is 6.06. The molecule has 2 rings (SSSR count). The van der Waals surface area contributed by atoms with E-state index >= 15 is 0 Å². The summed E-state index contributed by atoms with van der Waals surface area (Å²) in [7, 11) is 0. The van der Waals surface area contributed by atoms with E-state index in [1.54, 1.807) is 6.07 Å². The molecule has 0 saturated heterocycles. The molecule has 1 aromatic rings. The zero-order valence-corrected chi connectivity index (χ0v) is 12.3. The molecule has 1 aliphatic carbocycles. The first-order valence-corrected chi connectivity index (χ1v) is 7.49. The molecule has 0 atom stereocenters. The molecule has 0 unspecified atom stereocenters. The number of rotatable bonds is 5. The molecule has 1 heterocycles. The lowest BCUT2D eigenvalue weighted by atomic mass is 9.80. The summed E-state index contributed by atoms with van der Waals surface area (Å²) in [6.45, 7) is 5.26. The van der Waals surface area contributed by atoms with Crippen LogP contribution in [0.3, 0.4) is 0 Å². The Kier molecular flexibility index (Phi) is 5.12. The number of aromatic carboxylic acids is 1. The van der Waals surface area contributed by atoms with E-state index in [1.807, 2.05) is 6.07 Å². The number of nitrogens with one attached hydrogen (secondary N) is 1. The van der Waals surface area contributed by atoms with Crippen LogP contribution < -0.4 is 5.32 Å². The van der Waals surface area contributed by atoms with Crippen molar-refractivity contribution < 1.29 is 9.90 Å². The monoisotopic (exact) mass is 276 g/mol. The fourth-order valence-corrected chi connectivity index (χ4v) is 2.94. The lowest BCUT2D eigenvalue weighted by Gasteiger charge is -2.31. The van der Waals surface area contributed by atoms with Crippen LogP contribution in [0.5, 0.6) is 0 Å². The molecule has 20 heavy (non-hydrogen) atoms. The van der Waals surface area contributed by atoms with Crippen LogP contribution in [0, 0.1) is 11.8 Å². The summed E-state index contributed by atoms with van der Waals surface area (Å²) >= 11 is 0. The van der Waals surface area contributed by atoms with E-state index < -0.39 is 5.97 Å². The van der Waals surface area contributed by atoms with E-state index in [1.165, 1.54) is 31.7 Å². The van der Waals surface area contributed by atoms with Crippen LogP contribution in [0.25, 0.3) is 0 Å². The number of hydrogen-bond donors (Lipinski definition) is 2. The highest BCUT2D eigenvalue weighted by Gasteiger charge is 2.22. The Morgan fingerprint density at radius 3 is 2.65 bits per heavy atom. The minimum absolute atomic E-state index is 0.118. The van der Waals surface area contributed by atoms with Gasteiger partial charge in [0, 0.05) is 12.6 Å². The summed E-state index contributed by atoms with van der Waals surface area (Å²) in [6, 6.07) is 5.70. The number of carboxylic acids is 1. The van der Waals surface area contributed by atoms with E-state index in [2.05, 4.69) is 24.1 Å². The lowest BCUT2D eigenvalue weighted by Crippen LogP contribution is -2.34. The first kappa shape index (κ1) is 15.0. The SMILES string of the molecule is CC(C)C1CCC(NCc2cccc(C(=O)O)n2)CC1. The molecule has 1 saturated carbocycles. The normalized spacial score (nSPS) is 22.9. The lowest BCUT2D eigenvalue weighted by molar-refractivity contribution is 0.0690. The highest BCUT2D eigenvalue weighted by atomic mass is 16.4. The van der Waals surface area contributed by atoms with Crippen molar-refractivity contribution in [2.24, 2.45) is 11.8 Å². The Morgan fingerprint density at radius 1 is 1.35 bits per heavy atom. The molecule has 4 nitrogen and oxygen atoms in total. The molecular weight excluding hydrogens is 252 g/mol. The Balaban J connectivity index is 1.81. The number of pyridine rings is 1. The van der Waals surface area contributed by atoms with E-state index in [4.69, 9.17) is 5.11 Å². The number of carboxylic acid groups (broad SMARTS) is 1. The third-order valence-electron chi connectivity index (χ3n) is 4.31. The molecule has 110 valence electrons. The molecule has 4 heteroatoms. The van der Waals surface area contributed by atoms with Gasteiger partial charge in [-0.1, -0.05) is 19.9 Å². The van der Waals surface area contributed by atoms with Gasteiger partial charge in [0.1, 0.15) is 5.69 Å². The van der Waals surface area contributed by atoms with Crippen molar-refractivity contribution in [3.63, 3.8) is 0 Å². The van der Waals surface area contributed by atoms with Gasteiger partial charge in [0.05, 0.1) is 5.69 Å². The highest BCUT2D eigenvalue weighted by molar-refractivity contribution is 5.85. The maximum atomic E-state index is 10.9. The summed E-state index contributed by atoms with van der Waals surface area (Å²) in [5.74, 6) is 0.677. The molecule has 0 aliphatic heterocycles. The number of carbonyl (C=O) groups is 1. The molecular formula is C16H24N2O2. The Bertz CT molecular complexity index is 452. The molecule has 0 amide bonds. The fourth-order valence-electron chi connectivity index (χ4n) is 2.94. The van der Waals surface area contributed by atoms with Crippen LogP contribution in [0.1, 0.15) is 55.7 Å². The predicted octanol–water partition coefficient (Wildman–Crippen LogP) is 3.08. The summed E-state index contributed by atoms with van der Waals surface area (Å²) in [4.78, 5) is 15.0. The topological polar surface area (TPSA) is 62.2 Å². The van der Waals surface area contributed by atoms with E-state index in [0.717, 1.165) is 17.5 Å². The fraction of sp³-hybridized carbons (Fsp3) is 0.625. The second-order valence-electron chi connectivity index (χ2n) is 6.06. The first-order chi connectivity index (χ1) is 9.56. The standard InChI is InChI=1S/C16H24N2O2/c1-11(2)12-6-8-13(9-7-12)17-10-14-4-3-5-15(18-14)16(19)20/h3-5,11-13,17H,6-10H2,1-2H3,(H,19,20). The van der Waals surface area contributed by atoms with Crippen molar-refractivity contribution >= 4 is 5.97 Å². The molecule has 0 aromatic carbocycles. The van der Waals surface area contributed by atoms with Crippen LogP contribution in [-0.2, 0) is 6.54 Å². The zero-order chi connectivity index (χ0) is 14.5. The van der Waals surface area contributed by atoms with Crippen LogP contribution in [0.4, 0.5) is 0 Å². The third kappa shape index (κ3) is 4.04. The summed E-state index contributed by atoms with van der Waals surface area (Å²) < 4.78 is 0. The van der Waals surface area contributed by atoms with Crippen molar-refractivity contribution in [1.82, 2.24) is 10.3 Å². The van der Waals surface area contributed by atoms with Gasteiger partial charge in [-0.25, -0.2) is 9.78 Å². The van der Waals surface area contributed by atoms with Gasteiger partial charge in [-0.2, -0.15) is 0 Å². The maximum Gasteiger partial charge on any atom is 0.354 e. The molecule has 0 bridgehead atoms. The molecule has 0 radical (unpaired) electrons. The molecule has 1 aliphatic rings. The van der Waals surface area contributed by atoms with Crippen molar-refractivity contribution in [2.45, 2.75) is 52.1 Å². The second kappa shape index (κ2) is 6.84. The van der Waals surface area contributed by atoms with Crippen molar-refractivity contribution in [2.75, 3.05) is 0 Å². The Hall–Kier alpha value is -1.42. The Labute approximate surface area is 120 Å². The summed E-state index contributed by atoms with van der Waals surface area (Å²) in [5, 5.41) is 12.4. The van der Waals surface area contributed by atoms with Gasteiger partial charge < -0.3 is 10.4 Å². The summed E-state index contributed by atoms with van der Waals surface area (Å²) in [6.07, 6.45) is 5.00. The van der Waals surface area contributed by atoms with E-state index in [-0.39, 0.29) is 5.69 Å². The minimum atomic E-state index is -0.968. The van der Waals surface area contributed by atoms with Gasteiger partial charge in [-0.05, 0) is 49.7 Å². The average Bonchev–Trinajstić information content (AvgIpc) is 2.46. The number of nitrogens with zero attached hydrogens (tertiary/aromatic N) is 1. The van der Waals surface area contributed by atoms with Gasteiger partial charge in [0.2, 0.25) is 0 Å². The number of hydrogen-bond acceptors (Lipinski definition) is 3. The first-order valence-electron chi connectivity index (χ1n) is 7.49. The molecule has 2 N–H and O–H groups in total. The smallest absolute Gasteiger partial charge is 0.354 e. The molecule has 0 spiro atoms. The van der Waals surface area contributed by atoms with Crippen molar-refractivity contribution in [1.29, 1.82) is 0 Å². The largest absolute Gasteiger partial charge is 0.477 e. The van der Waals surface area contributed by atoms with E-state index in [9.17, 15) is 4.79 Å². The highest BCUT2D eigenvalue weighted by Crippen LogP contribution is 2.29. The van der Waals surface area contributed by atoms with Gasteiger partial charge in [0.25, 0.3) is 0 Å². The van der Waals surface area contributed by atoms with Gasteiger partial charge in [0.15, 0.2) is 0 Å². The molecule has 1 fully saturated rings. The van der Waals surface area contributed by atoms with Crippen molar-refractivity contribution in [3.8, 4) is 0 Å². The Morgan fingerprint density at radius 2 is 2.05 bits per heavy atom. The zero-order valence-electron chi connectivity index (χ0n) is 12.3. The van der Waals surface area contributed by atoms with E-state index in [0.29, 0.717) is 12.6 Å². The third-order valence-corrected chi connectivity index (χ3v) is 4.31. The van der Waals surface area contributed by atoms with Crippen LogP contribution >= 0.6 is 0 Å². The maximum absolute atomic E-state index is 10.9.